The van der Waals surface area contributed by atoms with Gasteiger partial charge in [0.15, 0.2) is 0 Å². The lowest BCUT2D eigenvalue weighted by Gasteiger charge is -2.39. The molecule has 1 fully saturated rings. The molecule has 0 radical (unpaired) electrons. The van der Waals surface area contributed by atoms with Crippen molar-refractivity contribution in [1.82, 2.24) is 14.9 Å². The van der Waals surface area contributed by atoms with Crippen LogP contribution in [0.5, 0.6) is 0 Å². The molecule has 2 N–H and O–H groups in total. The third-order valence-corrected chi connectivity index (χ3v) is 4.00. The summed E-state index contributed by atoms with van der Waals surface area (Å²) in [6.45, 7) is 7.96. The largest absolute Gasteiger partial charge is 0.392 e. The SMILES string of the molecule is CCCC(C(N)=S)N1CCN(c2ccnc(C)n2)CC1. The van der Waals surface area contributed by atoms with Crippen molar-refractivity contribution in [1.29, 1.82) is 0 Å². The van der Waals surface area contributed by atoms with Crippen LogP contribution in [-0.4, -0.2) is 52.1 Å². The van der Waals surface area contributed by atoms with Crippen LogP contribution in [0.3, 0.4) is 0 Å². The fourth-order valence-corrected chi connectivity index (χ4v) is 2.93. The highest BCUT2D eigenvalue weighted by Crippen LogP contribution is 2.16. The molecular formula is C14H23N5S. The second-order valence-corrected chi connectivity index (χ2v) is 5.66. The Hall–Kier alpha value is -1.27. The molecule has 2 heterocycles. The Morgan fingerprint density at radius 3 is 2.65 bits per heavy atom. The van der Waals surface area contributed by atoms with Gasteiger partial charge in [-0.2, -0.15) is 0 Å². The Morgan fingerprint density at radius 2 is 2.10 bits per heavy atom. The second kappa shape index (κ2) is 6.95. The highest BCUT2D eigenvalue weighted by atomic mass is 32.1. The van der Waals surface area contributed by atoms with Crippen molar-refractivity contribution < 1.29 is 0 Å². The standard InChI is InChI=1S/C14H23N5S/c1-3-4-12(14(15)20)18-7-9-19(10-8-18)13-5-6-16-11(2)17-13/h5-6,12H,3-4,7-10H2,1-2H3,(H2,15,20). The van der Waals surface area contributed by atoms with E-state index < -0.39 is 0 Å². The van der Waals surface area contributed by atoms with Crippen molar-refractivity contribution in [2.24, 2.45) is 5.73 Å². The molecule has 0 aliphatic carbocycles. The number of nitrogens with zero attached hydrogens (tertiary/aromatic N) is 4. The van der Waals surface area contributed by atoms with Gasteiger partial charge in [-0.05, 0) is 19.4 Å². The summed E-state index contributed by atoms with van der Waals surface area (Å²) >= 11 is 5.21. The summed E-state index contributed by atoms with van der Waals surface area (Å²) in [4.78, 5) is 13.9. The smallest absolute Gasteiger partial charge is 0.132 e. The topological polar surface area (TPSA) is 58.3 Å². The molecule has 1 aliphatic rings. The summed E-state index contributed by atoms with van der Waals surface area (Å²) in [5, 5.41) is 0. The van der Waals surface area contributed by atoms with Crippen LogP contribution in [0.25, 0.3) is 0 Å². The quantitative estimate of drug-likeness (QED) is 0.827. The van der Waals surface area contributed by atoms with Crippen LogP contribution >= 0.6 is 12.2 Å². The van der Waals surface area contributed by atoms with Gasteiger partial charge in [0.05, 0.1) is 11.0 Å². The van der Waals surface area contributed by atoms with Gasteiger partial charge in [0.1, 0.15) is 11.6 Å². The van der Waals surface area contributed by atoms with Crippen molar-refractivity contribution in [2.45, 2.75) is 32.7 Å². The molecule has 110 valence electrons. The molecule has 2 rings (SSSR count). The predicted molar refractivity (Wildman–Crippen MR) is 86.0 cm³/mol. The van der Waals surface area contributed by atoms with E-state index in [9.17, 15) is 0 Å². The molecule has 0 aromatic carbocycles. The molecule has 1 unspecified atom stereocenters. The molecule has 6 heteroatoms. The normalized spacial score (nSPS) is 18.0. The zero-order chi connectivity index (χ0) is 14.5. The first-order valence-electron chi connectivity index (χ1n) is 7.19. The Bertz CT molecular complexity index is 457. The Labute approximate surface area is 126 Å². The van der Waals surface area contributed by atoms with Crippen LogP contribution in [0.4, 0.5) is 5.82 Å². The monoisotopic (exact) mass is 293 g/mol. The minimum absolute atomic E-state index is 0.240. The summed E-state index contributed by atoms with van der Waals surface area (Å²) < 4.78 is 0. The van der Waals surface area contributed by atoms with Crippen LogP contribution in [0, 0.1) is 6.92 Å². The van der Waals surface area contributed by atoms with Crippen molar-refractivity contribution >= 4 is 23.0 Å². The van der Waals surface area contributed by atoms with Gasteiger partial charge in [0.2, 0.25) is 0 Å². The highest BCUT2D eigenvalue weighted by Gasteiger charge is 2.25. The second-order valence-electron chi connectivity index (χ2n) is 5.19. The third kappa shape index (κ3) is 3.64. The van der Waals surface area contributed by atoms with E-state index in [4.69, 9.17) is 18.0 Å². The van der Waals surface area contributed by atoms with E-state index in [1.807, 2.05) is 19.2 Å². The number of hydrogen-bond acceptors (Lipinski definition) is 5. The molecule has 0 amide bonds. The number of anilines is 1. The summed E-state index contributed by atoms with van der Waals surface area (Å²) in [6, 6.07) is 2.21. The van der Waals surface area contributed by atoms with Crippen molar-refractivity contribution in [3.8, 4) is 0 Å². The van der Waals surface area contributed by atoms with E-state index in [0.29, 0.717) is 4.99 Å². The van der Waals surface area contributed by atoms with Crippen LogP contribution < -0.4 is 10.6 Å². The highest BCUT2D eigenvalue weighted by molar-refractivity contribution is 7.80. The van der Waals surface area contributed by atoms with Gasteiger partial charge in [-0.3, -0.25) is 4.90 Å². The van der Waals surface area contributed by atoms with Gasteiger partial charge in [-0.15, -0.1) is 0 Å². The van der Waals surface area contributed by atoms with E-state index >= 15 is 0 Å². The van der Waals surface area contributed by atoms with Gasteiger partial charge < -0.3 is 10.6 Å². The summed E-state index contributed by atoms with van der Waals surface area (Å²) in [5.41, 5.74) is 5.87. The molecule has 0 bridgehead atoms. The molecule has 1 aromatic heterocycles. The summed E-state index contributed by atoms with van der Waals surface area (Å²) in [5.74, 6) is 1.83. The van der Waals surface area contributed by atoms with Crippen molar-refractivity contribution in [3.05, 3.63) is 18.1 Å². The van der Waals surface area contributed by atoms with Crippen molar-refractivity contribution in [3.63, 3.8) is 0 Å². The van der Waals surface area contributed by atoms with E-state index in [0.717, 1.165) is 50.7 Å². The van der Waals surface area contributed by atoms with Crippen LogP contribution in [0.15, 0.2) is 12.3 Å². The molecule has 0 spiro atoms. The fraction of sp³-hybridized carbons (Fsp3) is 0.643. The van der Waals surface area contributed by atoms with E-state index in [-0.39, 0.29) is 6.04 Å². The Balaban J connectivity index is 1.96. The summed E-state index contributed by atoms with van der Waals surface area (Å²) in [7, 11) is 0. The average Bonchev–Trinajstić information content (AvgIpc) is 2.45. The first-order chi connectivity index (χ1) is 9.61. The Morgan fingerprint density at radius 1 is 1.40 bits per heavy atom. The average molecular weight is 293 g/mol. The first kappa shape index (κ1) is 15.1. The van der Waals surface area contributed by atoms with E-state index in [1.54, 1.807) is 0 Å². The maximum Gasteiger partial charge on any atom is 0.132 e. The zero-order valence-electron chi connectivity index (χ0n) is 12.2. The van der Waals surface area contributed by atoms with Gasteiger partial charge in [0.25, 0.3) is 0 Å². The minimum atomic E-state index is 0.240. The lowest BCUT2D eigenvalue weighted by molar-refractivity contribution is 0.219. The van der Waals surface area contributed by atoms with E-state index in [1.165, 1.54) is 0 Å². The van der Waals surface area contributed by atoms with Gasteiger partial charge in [-0.25, -0.2) is 9.97 Å². The lowest BCUT2D eigenvalue weighted by Crippen LogP contribution is -2.54. The number of aryl methyl sites for hydroxylation is 1. The number of aromatic nitrogens is 2. The minimum Gasteiger partial charge on any atom is -0.392 e. The van der Waals surface area contributed by atoms with Gasteiger partial charge in [-0.1, -0.05) is 25.6 Å². The predicted octanol–water partition coefficient (Wildman–Crippen LogP) is 1.36. The number of thiocarbonyl (C=S) groups is 1. The molecule has 1 aromatic rings. The molecule has 0 saturated carbocycles. The third-order valence-electron chi connectivity index (χ3n) is 3.73. The van der Waals surface area contributed by atoms with Gasteiger partial charge >= 0.3 is 0 Å². The number of rotatable bonds is 5. The maximum atomic E-state index is 5.87. The molecule has 20 heavy (non-hydrogen) atoms. The Kier molecular flexibility index (Phi) is 5.25. The number of hydrogen-bond donors (Lipinski definition) is 1. The van der Waals surface area contributed by atoms with Crippen LogP contribution in [0.2, 0.25) is 0 Å². The van der Waals surface area contributed by atoms with Crippen LogP contribution in [-0.2, 0) is 0 Å². The molecule has 1 aliphatic heterocycles. The molecular weight excluding hydrogens is 270 g/mol. The maximum absolute atomic E-state index is 5.87. The van der Waals surface area contributed by atoms with E-state index in [2.05, 4.69) is 26.7 Å². The molecule has 1 saturated heterocycles. The number of nitrogens with two attached hydrogens (primary N) is 1. The van der Waals surface area contributed by atoms with Crippen molar-refractivity contribution in [2.75, 3.05) is 31.1 Å². The summed E-state index contributed by atoms with van der Waals surface area (Å²) in [6.07, 6.45) is 3.97. The molecule has 1 atom stereocenters. The first-order valence-corrected chi connectivity index (χ1v) is 7.60. The molecule has 5 nitrogen and oxygen atoms in total. The fourth-order valence-electron chi connectivity index (χ4n) is 2.66. The van der Waals surface area contributed by atoms with Gasteiger partial charge in [0, 0.05) is 32.4 Å². The van der Waals surface area contributed by atoms with Crippen LogP contribution in [0.1, 0.15) is 25.6 Å². The zero-order valence-corrected chi connectivity index (χ0v) is 13.1. The lowest BCUT2D eigenvalue weighted by atomic mass is 10.1. The number of piperazine rings is 1.